The van der Waals surface area contributed by atoms with Crippen LogP contribution in [-0.4, -0.2) is 36.1 Å². The molecule has 0 aliphatic carbocycles. The van der Waals surface area contributed by atoms with Crippen molar-refractivity contribution in [2.24, 2.45) is 5.92 Å². The Morgan fingerprint density at radius 2 is 2.04 bits per heavy atom. The highest BCUT2D eigenvalue weighted by Crippen LogP contribution is 2.22. The predicted octanol–water partition coefficient (Wildman–Crippen LogP) is 1.89. The van der Waals surface area contributed by atoms with E-state index in [1.54, 1.807) is 31.5 Å². The number of hydrogen-bond donors (Lipinski definition) is 1. The summed E-state index contributed by atoms with van der Waals surface area (Å²) >= 11 is 0. The standard InChI is InChI=1S/C19H21N5O2/c1-26-17-6-9-21-19(23-17)24-10-7-16(8-11-24)18(25)22-13-15-4-2-14(12-20)3-5-15/h2-6,9,16H,7-8,10-11,13H2,1H3,(H,22,25). The number of ether oxygens (including phenoxy) is 1. The first-order valence-corrected chi connectivity index (χ1v) is 8.58. The van der Waals surface area contributed by atoms with E-state index in [2.05, 4.69) is 26.3 Å². The predicted molar refractivity (Wildman–Crippen MR) is 96.5 cm³/mol. The lowest BCUT2D eigenvalue weighted by Crippen LogP contribution is -2.41. The van der Waals surface area contributed by atoms with Crippen LogP contribution in [0.4, 0.5) is 5.95 Å². The van der Waals surface area contributed by atoms with Gasteiger partial charge in [-0.25, -0.2) is 4.98 Å². The first-order valence-electron chi connectivity index (χ1n) is 8.58. The average molecular weight is 351 g/mol. The van der Waals surface area contributed by atoms with Crippen LogP contribution < -0.4 is 15.0 Å². The molecule has 7 nitrogen and oxygen atoms in total. The third kappa shape index (κ3) is 4.28. The van der Waals surface area contributed by atoms with E-state index in [1.165, 1.54) is 0 Å². The number of nitrogens with zero attached hydrogens (tertiary/aromatic N) is 4. The Bertz CT molecular complexity index is 792. The molecule has 2 heterocycles. The maximum absolute atomic E-state index is 12.4. The average Bonchev–Trinajstić information content (AvgIpc) is 2.72. The van der Waals surface area contributed by atoms with Crippen LogP contribution in [0.2, 0.25) is 0 Å². The number of hydrogen-bond acceptors (Lipinski definition) is 6. The number of nitriles is 1. The number of piperidine rings is 1. The maximum atomic E-state index is 12.4. The molecule has 1 aromatic carbocycles. The van der Waals surface area contributed by atoms with Crippen LogP contribution in [0.1, 0.15) is 24.0 Å². The molecule has 1 aliphatic heterocycles. The summed E-state index contributed by atoms with van der Waals surface area (Å²) in [6.07, 6.45) is 3.21. The van der Waals surface area contributed by atoms with Crippen molar-refractivity contribution in [3.8, 4) is 11.9 Å². The van der Waals surface area contributed by atoms with Gasteiger partial charge in [-0.15, -0.1) is 0 Å². The number of carbonyl (C=O) groups is 1. The maximum Gasteiger partial charge on any atom is 0.228 e. The summed E-state index contributed by atoms with van der Waals surface area (Å²) < 4.78 is 5.13. The minimum atomic E-state index is -0.00441. The summed E-state index contributed by atoms with van der Waals surface area (Å²) in [6.45, 7) is 1.95. The molecule has 0 bridgehead atoms. The Morgan fingerprint density at radius 3 is 2.69 bits per heavy atom. The van der Waals surface area contributed by atoms with Crippen molar-refractivity contribution in [3.05, 3.63) is 47.7 Å². The zero-order chi connectivity index (χ0) is 18.4. The van der Waals surface area contributed by atoms with Crippen LogP contribution in [-0.2, 0) is 11.3 Å². The molecule has 134 valence electrons. The normalized spacial score (nSPS) is 14.5. The first-order chi connectivity index (χ1) is 12.7. The topological polar surface area (TPSA) is 91.1 Å². The van der Waals surface area contributed by atoms with Crippen molar-refractivity contribution < 1.29 is 9.53 Å². The Labute approximate surface area is 152 Å². The second kappa shape index (κ2) is 8.30. The van der Waals surface area contributed by atoms with E-state index in [1.807, 2.05) is 12.1 Å². The van der Waals surface area contributed by atoms with Crippen molar-refractivity contribution in [1.82, 2.24) is 15.3 Å². The molecule has 1 aliphatic rings. The van der Waals surface area contributed by atoms with Gasteiger partial charge in [0.05, 0.1) is 18.7 Å². The molecule has 1 amide bonds. The highest BCUT2D eigenvalue weighted by Gasteiger charge is 2.26. The monoisotopic (exact) mass is 351 g/mol. The van der Waals surface area contributed by atoms with Gasteiger partial charge in [-0.3, -0.25) is 4.79 Å². The highest BCUT2D eigenvalue weighted by atomic mass is 16.5. The van der Waals surface area contributed by atoms with E-state index in [0.717, 1.165) is 31.5 Å². The van der Waals surface area contributed by atoms with Gasteiger partial charge in [0.15, 0.2) is 0 Å². The molecule has 7 heteroatoms. The number of rotatable bonds is 5. The number of anilines is 1. The van der Waals surface area contributed by atoms with E-state index < -0.39 is 0 Å². The molecule has 1 fully saturated rings. The van der Waals surface area contributed by atoms with Gasteiger partial charge in [0.1, 0.15) is 0 Å². The molecule has 1 saturated heterocycles. The molecule has 26 heavy (non-hydrogen) atoms. The zero-order valence-electron chi connectivity index (χ0n) is 14.7. The fourth-order valence-electron chi connectivity index (χ4n) is 2.97. The first kappa shape index (κ1) is 17.7. The van der Waals surface area contributed by atoms with Crippen molar-refractivity contribution >= 4 is 11.9 Å². The summed E-state index contributed by atoms with van der Waals surface area (Å²) in [4.78, 5) is 23.1. The van der Waals surface area contributed by atoms with Crippen molar-refractivity contribution in [2.45, 2.75) is 19.4 Å². The largest absolute Gasteiger partial charge is 0.481 e. The summed E-state index contributed by atoms with van der Waals surface area (Å²) in [7, 11) is 1.58. The summed E-state index contributed by atoms with van der Waals surface area (Å²) in [5, 5.41) is 11.8. The fraction of sp³-hybridized carbons (Fsp3) is 0.368. The second-order valence-corrected chi connectivity index (χ2v) is 6.19. The molecule has 2 aromatic rings. The number of methoxy groups -OCH3 is 1. The smallest absolute Gasteiger partial charge is 0.228 e. The zero-order valence-corrected chi connectivity index (χ0v) is 14.7. The lowest BCUT2D eigenvalue weighted by molar-refractivity contribution is -0.125. The van der Waals surface area contributed by atoms with Crippen molar-refractivity contribution in [2.75, 3.05) is 25.1 Å². The number of nitrogens with one attached hydrogen (secondary N) is 1. The van der Waals surface area contributed by atoms with Crippen LogP contribution in [0.3, 0.4) is 0 Å². The second-order valence-electron chi connectivity index (χ2n) is 6.19. The van der Waals surface area contributed by atoms with Crippen molar-refractivity contribution in [1.29, 1.82) is 5.26 Å². The van der Waals surface area contributed by atoms with Gasteiger partial charge in [0, 0.05) is 37.8 Å². The molecule has 0 saturated carbocycles. The summed E-state index contributed by atoms with van der Waals surface area (Å²) in [6, 6.07) is 11.0. The van der Waals surface area contributed by atoms with Gasteiger partial charge in [-0.05, 0) is 30.5 Å². The third-order valence-electron chi connectivity index (χ3n) is 4.52. The van der Waals surface area contributed by atoms with Crippen LogP contribution in [0.15, 0.2) is 36.5 Å². The van der Waals surface area contributed by atoms with Gasteiger partial charge >= 0.3 is 0 Å². The fourth-order valence-corrected chi connectivity index (χ4v) is 2.97. The highest BCUT2D eigenvalue weighted by molar-refractivity contribution is 5.78. The van der Waals surface area contributed by atoms with Crippen LogP contribution in [0.5, 0.6) is 5.88 Å². The van der Waals surface area contributed by atoms with E-state index in [-0.39, 0.29) is 11.8 Å². The molecule has 0 radical (unpaired) electrons. The molecular formula is C19H21N5O2. The Kier molecular flexibility index (Phi) is 5.64. The summed E-state index contributed by atoms with van der Waals surface area (Å²) in [5.41, 5.74) is 1.60. The third-order valence-corrected chi connectivity index (χ3v) is 4.52. The Morgan fingerprint density at radius 1 is 1.31 bits per heavy atom. The van der Waals surface area contributed by atoms with E-state index >= 15 is 0 Å². The molecule has 0 spiro atoms. The molecule has 0 unspecified atom stereocenters. The molecule has 3 rings (SSSR count). The number of aromatic nitrogens is 2. The lowest BCUT2D eigenvalue weighted by Gasteiger charge is -2.31. The summed E-state index contributed by atoms with van der Waals surface area (Å²) in [5.74, 6) is 1.24. The van der Waals surface area contributed by atoms with Crippen molar-refractivity contribution in [3.63, 3.8) is 0 Å². The number of benzene rings is 1. The van der Waals surface area contributed by atoms with E-state index in [0.29, 0.717) is 23.9 Å². The Hall–Kier alpha value is -3.14. The quantitative estimate of drug-likeness (QED) is 0.884. The Balaban J connectivity index is 1.49. The lowest BCUT2D eigenvalue weighted by atomic mass is 9.96. The SMILES string of the molecule is COc1ccnc(N2CCC(C(=O)NCc3ccc(C#N)cc3)CC2)n1. The van der Waals surface area contributed by atoms with E-state index in [4.69, 9.17) is 10.00 Å². The number of carbonyl (C=O) groups excluding carboxylic acids is 1. The van der Waals surface area contributed by atoms with Gasteiger partial charge in [-0.1, -0.05) is 12.1 Å². The van der Waals surface area contributed by atoms with Gasteiger partial charge in [0.2, 0.25) is 17.7 Å². The molecule has 0 atom stereocenters. The van der Waals surface area contributed by atoms with Gasteiger partial charge in [-0.2, -0.15) is 10.2 Å². The van der Waals surface area contributed by atoms with Gasteiger partial charge in [0.25, 0.3) is 0 Å². The molecule has 1 N–H and O–H groups in total. The molecular weight excluding hydrogens is 330 g/mol. The number of amides is 1. The molecule has 1 aromatic heterocycles. The van der Waals surface area contributed by atoms with Crippen LogP contribution in [0, 0.1) is 17.2 Å². The minimum Gasteiger partial charge on any atom is -0.481 e. The van der Waals surface area contributed by atoms with E-state index in [9.17, 15) is 4.79 Å². The van der Waals surface area contributed by atoms with Crippen LogP contribution in [0.25, 0.3) is 0 Å². The minimum absolute atomic E-state index is 0.00441. The van der Waals surface area contributed by atoms with Crippen LogP contribution >= 0.6 is 0 Å². The van der Waals surface area contributed by atoms with Gasteiger partial charge < -0.3 is 15.0 Å².